The van der Waals surface area contributed by atoms with Crippen LogP contribution >= 0.6 is 0 Å². The molecule has 0 unspecified atom stereocenters. The van der Waals surface area contributed by atoms with Crippen molar-refractivity contribution in [1.29, 1.82) is 0 Å². The Hall–Kier alpha value is -1.88. The number of piperazine rings is 1. The smallest absolute Gasteiger partial charge is 0.262 e. The topological polar surface area (TPSA) is 41.4 Å². The summed E-state index contributed by atoms with van der Waals surface area (Å²) in [5.41, 5.74) is 0.875. The highest BCUT2D eigenvalue weighted by Gasteiger charge is 2.20. The average Bonchev–Trinajstić information content (AvgIpc) is 2.51. The van der Waals surface area contributed by atoms with Crippen LogP contribution in [0.15, 0.2) is 29.1 Å². The molecule has 5 nitrogen and oxygen atoms in total. The third-order valence-electron chi connectivity index (χ3n) is 4.07. The number of rotatable bonds is 3. The predicted molar refractivity (Wildman–Crippen MR) is 86.0 cm³/mol. The van der Waals surface area contributed by atoms with Gasteiger partial charge in [0.15, 0.2) is 0 Å². The standard InChI is InChI=1S/C16H22N4O/c1-3-8-20-15(21)13-6-4-5-7-14(13)17-16(20)19-11-9-18(2)10-12-19/h4-7H,3,8-12H2,1-2H3. The van der Waals surface area contributed by atoms with Gasteiger partial charge in [0, 0.05) is 32.7 Å². The van der Waals surface area contributed by atoms with E-state index in [1.165, 1.54) is 0 Å². The van der Waals surface area contributed by atoms with Gasteiger partial charge in [-0.05, 0) is 25.6 Å². The molecule has 1 aromatic heterocycles. The summed E-state index contributed by atoms with van der Waals surface area (Å²) >= 11 is 0. The van der Waals surface area contributed by atoms with Crippen molar-refractivity contribution in [2.24, 2.45) is 0 Å². The molecular formula is C16H22N4O. The van der Waals surface area contributed by atoms with E-state index < -0.39 is 0 Å². The van der Waals surface area contributed by atoms with Gasteiger partial charge in [-0.1, -0.05) is 19.1 Å². The highest BCUT2D eigenvalue weighted by atomic mass is 16.1. The van der Waals surface area contributed by atoms with E-state index >= 15 is 0 Å². The molecule has 1 aliphatic rings. The van der Waals surface area contributed by atoms with Crippen LogP contribution in [-0.4, -0.2) is 47.7 Å². The maximum Gasteiger partial charge on any atom is 0.262 e. The minimum absolute atomic E-state index is 0.0800. The predicted octanol–water partition coefficient (Wildman–Crippen LogP) is 1.56. The van der Waals surface area contributed by atoms with Crippen LogP contribution in [0.25, 0.3) is 10.9 Å². The summed E-state index contributed by atoms with van der Waals surface area (Å²) in [6.45, 7) is 6.67. The second-order valence-electron chi connectivity index (χ2n) is 5.68. The summed E-state index contributed by atoms with van der Waals surface area (Å²) in [4.78, 5) is 22.1. The molecule has 0 atom stereocenters. The molecule has 1 aliphatic heterocycles. The molecule has 21 heavy (non-hydrogen) atoms. The fourth-order valence-corrected chi connectivity index (χ4v) is 2.83. The number of fused-ring (bicyclic) bond motifs is 1. The molecule has 0 spiro atoms. The Labute approximate surface area is 124 Å². The molecule has 0 aliphatic carbocycles. The van der Waals surface area contributed by atoms with Gasteiger partial charge >= 0.3 is 0 Å². The van der Waals surface area contributed by atoms with Crippen LogP contribution in [0.5, 0.6) is 0 Å². The Bertz CT molecular complexity index is 686. The molecule has 3 rings (SSSR count). The quantitative estimate of drug-likeness (QED) is 0.858. The number of likely N-dealkylation sites (N-methyl/N-ethyl adjacent to an activating group) is 1. The Balaban J connectivity index is 2.11. The second-order valence-corrected chi connectivity index (χ2v) is 5.68. The lowest BCUT2D eigenvalue weighted by molar-refractivity contribution is 0.309. The molecule has 1 aromatic carbocycles. The van der Waals surface area contributed by atoms with Gasteiger partial charge in [-0.2, -0.15) is 0 Å². The van der Waals surface area contributed by atoms with Crippen LogP contribution in [0.2, 0.25) is 0 Å². The van der Waals surface area contributed by atoms with Gasteiger partial charge in [0.1, 0.15) is 0 Å². The van der Waals surface area contributed by atoms with Crippen LogP contribution in [-0.2, 0) is 6.54 Å². The maximum absolute atomic E-state index is 12.7. The number of anilines is 1. The molecule has 1 fully saturated rings. The molecule has 0 amide bonds. The molecule has 5 heteroatoms. The third-order valence-corrected chi connectivity index (χ3v) is 4.07. The van der Waals surface area contributed by atoms with Crippen molar-refractivity contribution >= 4 is 16.9 Å². The lowest BCUT2D eigenvalue weighted by atomic mass is 10.2. The van der Waals surface area contributed by atoms with E-state index in [0.29, 0.717) is 5.39 Å². The van der Waals surface area contributed by atoms with Gasteiger partial charge in [-0.3, -0.25) is 9.36 Å². The van der Waals surface area contributed by atoms with Crippen molar-refractivity contribution in [3.63, 3.8) is 0 Å². The van der Waals surface area contributed by atoms with Crippen molar-refractivity contribution in [2.45, 2.75) is 19.9 Å². The molecule has 2 heterocycles. The molecule has 112 valence electrons. The molecule has 0 N–H and O–H groups in total. The van der Waals surface area contributed by atoms with Crippen LogP contribution in [0, 0.1) is 0 Å². The first-order chi connectivity index (χ1) is 10.2. The van der Waals surface area contributed by atoms with E-state index in [1.54, 1.807) is 0 Å². The monoisotopic (exact) mass is 286 g/mol. The Kier molecular flexibility index (Phi) is 3.92. The molecule has 0 bridgehead atoms. The Morgan fingerprint density at radius 2 is 1.86 bits per heavy atom. The molecule has 1 saturated heterocycles. The lowest BCUT2D eigenvalue weighted by Crippen LogP contribution is -2.46. The Morgan fingerprint density at radius 3 is 2.57 bits per heavy atom. The van der Waals surface area contributed by atoms with Crippen LogP contribution in [0.4, 0.5) is 5.95 Å². The maximum atomic E-state index is 12.7. The zero-order valence-electron chi connectivity index (χ0n) is 12.7. The minimum Gasteiger partial charge on any atom is -0.340 e. The number of hydrogen-bond acceptors (Lipinski definition) is 4. The van der Waals surface area contributed by atoms with E-state index in [2.05, 4.69) is 23.8 Å². The SMILES string of the molecule is CCCn1c(N2CCN(C)CC2)nc2ccccc2c1=O. The zero-order chi connectivity index (χ0) is 14.8. The number of aromatic nitrogens is 2. The summed E-state index contributed by atoms with van der Waals surface area (Å²) in [7, 11) is 2.13. The first kappa shape index (κ1) is 14.1. The normalized spacial score (nSPS) is 16.6. The van der Waals surface area contributed by atoms with Crippen LogP contribution < -0.4 is 10.5 Å². The molecular weight excluding hydrogens is 264 g/mol. The van der Waals surface area contributed by atoms with E-state index in [9.17, 15) is 4.79 Å². The molecule has 0 saturated carbocycles. The van der Waals surface area contributed by atoms with E-state index in [4.69, 9.17) is 4.98 Å². The van der Waals surface area contributed by atoms with Gasteiger partial charge in [-0.25, -0.2) is 4.98 Å². The van der Waals surface area contributed by atoms with Gasteiger partial charge in [0.25, 0.3) is 5.56 Å². The van der Waals surface area contributed by atoms with Gasteiger partial charge < -0.3 is 9.80 Å². The minimum atomic E-state index is 0.0800. The summed E-state index contributed by atoms with van der Waals surface area (Å²) in [6, 6.07) is 7.63. The summed E-state index contributed by atoms with van der Waals surface area (Å²) in [5, 5.41) is 0.712. The van der Waals surface area contributed by atoms with Crippen LogP contribution in [0.3, 0.4) is 0 Å². The summed E-state index contributed by atoms with van der Waals surface area (Å²) < 4.78 is 1.84. The van der Waals surface area contributed by atoms with E-state index in [0.717, 1.165) is 50.6 Å². The summed E-state index contributed by atoms with van der Waals surface area (Å²) in [5.74, 6) is 0.827. The van der Waals surface area contributed by atoms with E-state index in [-0.39, 0.29) is 5.56 Å². The highest BCUT2D eigenvalue weighted by Crippen LogP contribution is 2.17. The third kappa shape index (κ3) is 2.65. The van der Waals surface area contributed by atoms with Crippen LogP contribution in [0.1, 0.15) is 13.3 Å². The largest absolute Gasteiger partial charge is 0.340 e. The first-order valence-corrected chi connectivity index (χ1v) is 7.63. The first-order valence-electron chi connectivity index (χ1n) is 7.63. The highest BCUT2D eigenvalue weighted by molar-refractivity contribution is 5.78. The van der Waals surface area contributed by atoms with Crippen molar-refractivity contribution in [2.75, 3.05) is 38.1 Å². The van der Waals surface area contributed by atoms with Crippen molar-refractivity contribution in [1.82, 2.24) is 14.5 Å². The zero-order valence-corrected chi connectivity index (χ0v) is 12.7. The number of nitrogens with zero attached hydrogens (tertiary/aromatic N) is 4. The number of para-hydroxylation sites is 1. The fourth-order valence-electron chi connectivity index (χ4n) is 2.83. The summed E-state index contributed by atoms with van der Waals surface area (Å²) in [6.07, 6.45) is 0.931. The molecule has 0 radical (unpaired) electrons. The Morgan fingerprint density at radius 1 is 1.14 bits per heavy atom. The molecule has 2 aromatic rings. The lowest BCUT2D eigenvalue weighted by Gasteiger charge is -2.34. The number of benzene rings is 1. The number of hydrogen-bond donors (Lipinski definition) is 0. The van der Waals surface area contributed by atoms with Crippen molar-refractivity contribution in [3.05, 3.63) is 34.6 Å². The van der Waals surface area contributed by atoms with Gasteiger partial charge in [-0.15, -0.1) is 0 Å². The second kappa shape index (κ2) is 5.85. The van der Waals surface area contributed by atoms with Crippen molar-refractivity contribution in [3.8, 4) is 0 Å². The van der Waals surface area contributed by atoms with Crippen molar-refractivity contribution < 1.29 is 0 Å². The van der Waals surface area contributed by atoms with E-state index in [1.807, 2.05) is 28.8 Å². The fraction of sp³-hybridized carbons (Fsp3) is 0.500. The van der Waals surface area contributed by atoms with Gasteiger partial charge in [0.05, 0.1) is 10.9 Å². The van der Waals surface area contributed by atoms with Gasteiger partial charge in [0.2, 0.25) is 5.95 Å². The average molecular weight is 286 g/mol.